The Morgan fingerprint density at radius 3 is 1.67 bits per heavy atom. The number of nitriles is 3. The van der Waals surface area contributed by atoms with Gasteiger partial charge in [-0.3, -0.25) is 9.59 Å². The van der Waals surface area contributed by atoms with Gasteiger partial charge in [0.2, 0.25) is 0 Å². The van der Waals surface area contributed by atoms with Crippen LogP contribution in [0.4, 0.5) is 17.1 Å². The predicted molar refractivity (Wildman–Crippen MR) is 145 cm³/mol. The quantitative estimate of drug-likeness (QED) is 0.245. The molecule has 0 aliphatic rings. The van der Waals surface area contributed by atoms with Crippen LogP contribution in [-0.2, 0) is 25.5 Å². The second-order valence-electron chi connectivity index (χ2n) is 8.65. The Labute approximate surface area is 227 Å². The van der Waals surface area contributed by atoms with Crippen LogP contribution in [0.2, 0.25) is 0 Å². The highest BCUT2D eigenvalue weighted by Gasteiger charge is 2.17. The summed E-state index contributed by atoms with van der Waals surface area (Å²) >= 11 is 0. The lowest BCUT2D eigenvalue weighted by Gasteiger charge is -2.26. The molecule has 0 atom stereocenters. The number of benzene rings is 3. The van der Waals surface area contributed by atoms with Crippen LogP contribution in [0.1, 0.15) is 25.0 Å². The average molecular weight is 519 g/mol. The third kappa shape index (κ3) is 7.79. The summed E-state index contributed by atoms with van der Waals surface area (Å²) in [5.74, 6) is -0.969. The monoisotopic (exact) mass is 518 g/mol. The van der Waals surface area contributed by atoms with Crippen LogP contribution < -0.4 is 4.90 Å². The molecule has 0 spiro atoms. The summed E-state index contributed by atoms with van der Waals surface area (Å²) in [6, 6.07) is 30.2. The van der Waals surface area contributed by atoms with E-state index >= 15 is 0 Å². The highest BCUT2D eigenvalue weighted by atomic mass is 16.5. The second-order valence-corrected chi connectivity index (χ2v) is 8.65. The van der Waals surface area contributed by atoms with E-state index in [1.807, 2.05) is 77.7 Å². The maximum Gasteiger partial charge on any atom is 0.302 e. The van der Waals surface area contributed by atoms with E-state index in [1.54, 1.807) is 24.3 Å². The number of carbonyl (C=O) groups is 2. The molecule has 0 aromatic heterocycles. The van der Waals surface area contributed by atoms with E-state index in [0.717, 1.165) is 22.6 Å². The molecule has 194 valence electrons. The summed E-state index contributed by atoms with van der Waals surface area (Å²) in [6.07, 6.45) is 0.546. The van der Waals surface area contributed by atoms with E-state index in [4.69, 9.17) is 9.47 Å². The van der Waals surface area contributed by atoms with Crippen molar-refractivity contribution < 1.29 is 19.1 Å². The van der Waals surface area contributed by atoms with Crippen LogP contribution in [0.15, 0.2) is 84.4 Å². The molecule has 0 heterocycles. The molecular formula is C31H26N4O4. The molecule has 0 saturated heterocycles. The molecule has 0 amide bonds. The van der Waals surface area contributed by atoms with Gasteiger partial charge in [0, 0.05) is 36.8 Å². The number of allylic oxidation sites excluding steroid dienone is 2. The van der Waals surface area contributed by atoms with Crippen molar-refractivity contribution in [2.75, 3.05) is 18.1 Å². The van der Waals surface area contributed by atoms with E-state index in [1.165, 1.54) is 13.8 Å². The minimum atomic E-state index is -0.392. The lowest BCUT2D eigenvalue weighted by molar-refractivity contribution is -0.146. The fourth-order valence-corrected chi connectivity index (χ4v) is 3.95. The molecule has 0 radical (unpaired) electrons. The van der Waals surface area contributed by atoms with Gasteiger partial charge in [0.15, 0.2) is 0 Å². The van der Waals surface area contributed by atoms with Crippen molar-refractivity contribution >= 4 is 34.6 Å². The highest BCUT2D eigenvalue weighted by molar-refractivity contribution is 5.85. The maximum absolute atomic E-state index is 11.3. The van der Waals surface area contributed by atoms with E-state index in [2.05, 4.69) is 0 Å². The molecule has 0 aliphatic heterocycles. The number of nitrogens with zero attached hydrogens (tertiary/aromatic N) is 4. The van der Waals surface area contributed by atoms with Crippen molar-refractivity contribution in [3.05, 3.63) is 95.6 Å². The molecule has 0 aliphatic carbocycles. The molecule has 3 aromatic rings. The van der Waals surface area contributed by atoms with Gasteiger partial charge < -0.3 is 14.4 Å². The highest BCUT2D eigenvalue weighted by Crippen LogP contribution is 2.35. The Bertz CT molecular complexity index is 1420. The molecule has 3 rings (SSSR count). The number of para-hydroxylation sites is 1. The van der Waals surface area contributed by atoms with Gasteiger partial charge in [-0.25, -0.2) is 0 Å². The largest absolute Gasteiger partial charge is 0.465 e. The predicted octanol–water partition coefficient (Wildman–Crippen LogP) is 5.77. The van der Waals surface area contributed by atoms with Crippen molar-refractivity contribution in [1.82, 2.24) is 0 Å². The lowest BCUT2D eigenvalue weighted by Crippen LogP contribution is -2.21. The van der Waals surface area contributed by atoms with E-state index < -0.39 is 11.9 Å². The van der Waals surface area contributed by atoms with Gasteiger partial charge in [-0.05, 0) is 53.9 Å². The Kier molecular flexibility index (Phi) is 9.97. The molecule has 0 unspecified atom stereocenters. The molecule has 8 nitrogen and oxygen atoms in total. The molecule has 0 bridgehead atoms. The summed E-state index contributed by atoms with van der Waals surface area (Å²) in [5, 5.41) is 27.8. The van der Waals surface area contributed by atoms with Gasteiger partial charge >= 0.3 is 11.9 Å². The summed E-state index contributed by atoms with van der Waals surface area (Å²) < 4.78 is 10.3. The molecule has 3 aromatic carbocycles. The maximum atomic E-state index is 11.3. The standard InChI is InChI=1S/C31H26N4O4/c1-22(36)38-20-25(21-39-23(2)37)16-24-8-12-29(13-9-24)35(28-6-4-3-5-7-28)30-14-10-26(11-15-30)31(19-34)27(17-32)18-33/h3-15,25H,16,20-21H2,1-2H3. The Hall–Kier alpha value is -5.39. The van der Waals surface area contributed by atoms with E-state index in [0.29, 0.717) is 12.0 Å². The fourth-order valence-electron chi connectivity index (χ4n) is 3.95. The van der Waals surface area contributed by atoms with Gasteiger partial charge in [-0.15, -0.1) is 0 Å². The Morgan fingerprint density at radius 2 is 1.21 bits per heavy atom. The molecular weight excluding hydrogens is 492 g/mol. The average Bonchev–Trinajstić information content (AvgIpc) is 2.95. The first-order valence-corrected chi connectivity index (χ1v) is 12.1. The molecule has 0 N–H and O–H groups in total. The smallest absolute Gasteiger partial charge is 0.302 e. The topological polar surface area (TPSA) is 127 Å². The number of carbonyl (C=O) groups excluding carboxylic acids is 2. The minimum absolute atomic E-state index is 0.0271. The second kappa shape index (κ2) is 13.8. The zero-order chi connectivity index (χ0) is 28.2. The van der Waals surface area contributed by atoms with Crippen LogP contribution in [0, 0.1) is 39.9 Å². The number of rotatable bonds is 10. The molecule has 8 heteroatoms. The van der Waals surface area contributed by atoms with Gasteiger partial charge in [0.1, 0.15) is 23.8 Å². The van der Waals surface area contributed by atoms with Crippen LogP contribution in [-0.4, -0.2) is 25.2 Å². The number of esters is 2. The van der Waals surface area contributed by atoms with Gasteiger partial charge in [0.05, 0.1) is 18.8 Å². The summed E-state index contributed by atoms with van der Waals surface area (Å²) in [7, 11) is 0. The zero-order valence-corrected chi connectivity index (χ0v) is 21.6. The first-order chi connectivity index (χ1) is 18.9. The third-order valence-corrected chi connectivity index (χ3v) is 5.78. The summed E-state index contributed by atoms with van der Waals surface area (Å²) in [4.78, 5) is 24.6. The third-order valence-electron chi connectivity index (χ3n) is 5.78. The lowest BCUT2D eigenvalue weighted by atomic mass is 10.00. The number of ether oxygens (including phenoxy) is 2. The van der Waals surface area contributed by atoms with Crippen LogP contribution in [0.5, 0.6) is 0 Å². The van der Waals surface area contributed by atoms with Crippen molar-refractivity contribution in [1.29, 1.82) is 15.8 Å². The fraction of sp³-hybridized carbons (Fsp3) is 0.194. The number of anilines is 3. The SMILES string of the molecule is CC(=O)OCC(COC(C)=O)Cc1ccc(N(c2ccccc2)c2ccc(C(C#N)=C(C#N)C#N)cc2)cc1. The number of hydrogen-bond donors (Lipinski definition) is 0. The Morgan fingerprint density at radius 1 is 0.718 bits per heavy atom. The first-order valence-electron chi connectivity index (χ1n) is 12.1. The van der Waals surface area contributed by atoms with Crippen molar-refractivity contribution in [3.63, 3.8) is 0 Å². The molecule has 0 fully saturated rings. The molecule has 39 heavy (non-hydrogen) atoms. The van der Waals surface area contributed by atoms with Crippen LogP contribution in [0.3, 0.4) is 0 Å². The normalized spacial score (nSPS) is 9.95. The van der Waals surface area contributed by atoms with E-state index in [9.17, 15) is 25.4 Å². The summed E-state index contributed by atoms with van der Waals surface area (Å²) in [6.45, 7) is 2.97. The van der Waals surface area contributed by atoms with Gasteiger partial charge in [-0.2, -0.15) is 15.8 Å². The van der Waals surface area contributed by atoms with E-state index in [-0.39, 0.29) is 30.3 Å². The molecule has 0 saturated carbocycles. The zero-order valence-electron chi connectivity index (χ0n) is 21.6. The van der Waals surface area contributed by atoms with Crippen LogP contribution >= 0.6 is 0 Å². The van der Waals surface area contributed by atoms with Gasteiger partial charge in [0.25, 0.3) is 0 Å². The van der Waals surface area contributed by atoms with Crippen molar-refractivity contribution in [3.8, 4) is 18.2 Å². The van der Waals surface area contributed by atoms with Crippen LogP contribution in [0.25, 0.3) is 5.57 Å². The summed E-state index contributed by atoms with van der Waals surface area (Å²) in [5.41, 5.74) is 3.85. The number of hydrogen-bond acceptors (Lipinski definition) is 8. The van der Waals surface area contributed by atoms with Gasteiger partial charge in [-0.1, -0.05) is 42.5 Å². The van der Waals surface area contributed by atoms with Crippen molar-refractivity contribution in [2.45, 2.75) is 20.3 Å². The first kappa shape index (κ1) is 28.2. The Balaban J connectivity index is 1.92. The van der Waals surface area contributed by atoms with Crippen molar-refractivity contribution in [2.24, 2.45) is 5.92 Å². The minimum Gasteiger partial charge on any atom is -0.465 e.